The van der Waals surface area contributed by atoms with Gasteiger partial charge >= 0.3 is 11.9 Å². The molecule has 0 aliphatic rings. The van der Waals surface area contributed by atoms with Gasteiger partial charge in [0.2, 0.25) is 17.7 Å². The molecule has 0 saturated carbocycles. The van der Waals surface area contributed by atoms with Crippen molar-refractivity contribution in [2.75, 3.05) is 6.54 Å². The summed E-state index contributed by atoms with van der Waals surface area (Å²) in [5.41, 5.74) is 5.38. The number of rotatable bonds is 12. The molecule has 3 amide bonds. The largest absolute Gasteiger partial charge is 0.481 e. The molecule has 0 radical (unpaired) electrons. The molecule has 13 heteroatoms. The van der Waals surface area contributed by atoms with Gasteiger partial charge in [0.15, 0.2) is 0 Å². The van der Waals surface area contributed by atoms with Gasteiger partial charge in [-0.2, -0.15) is 0 Å². The molecule has 0 aromatic heterocycles. The van der Waals surface area contributed by atoms with Crippen molar-refractivity contribution in [1.82, 2.24) is 16.0 Å². The van der Waals surface area contributed by atoms with Crippen molar-refractivity contribution in [3.05, 3.63) is 0 Å². The Morgan fingerprint density at radius 1 is 0.929 bits per heavy atom. The smallest absolute Gasteiger partial charge is 0.326 e. The van der Waals surface area contributed by atoms with Crippen LogP contribution in [0.15, 0.2) is 0 Å². The second kappa shape index (κ2) is 11.8. The zero-order valence-electron chi connectivity index (χ0n) is 15.4. The zero-order chi connectivity index (χ0) is 22.0. The fourth-order valence-electron chi connectivity index (χ4n) is 1.92. The molecule has 0 heterocycles. The maximum atomic E-state index is 12.2. The Labute approximate surface area is 160 Å². The molecule has 0 rings (SSSR count). The molecule has 13 nitrogen and oxygen atoms in total. The number of nitrogens with two attached hydrogens (primary N) is 1. The van der Waals surface area contributed by atoms with Crippen molar-refractivity contribution in [3.63, 3.8) is 0 Å². The molecular formula is C15H26N4O9. The van der Waals surface area contributed by atoms with Crippen molar-refractivity contribution < 1.29 is 44.4 Å². The van der Waals surface area contributed by atoms with Crippen LogP contribution in [0.3, 0.4) is 0 Å². The number of aliphatic hydroxyl groups is 2. The van der Waals surface area contributed by atoms with Crippen LogP contribution < -0.4 is 21.7 Å². The minimum absolute atomic E-state index is 0.399. The number of hydrogen-bond donors (Lipinski definition) is 8. The second-order valence-electron chi connectivity index (χ2n) is 6.10. The fourth-order valence-corrected chi connectivity index (χ4v) is 1.92. The van der Waals surface area contributed by atoms with Crippen molar-refractivity contribution in [2.45, 2.75) is 57.0 Å². The second-order valence-corrected chi connectivity index (χ2v) is 6.10. The molecule has 0 aromatic rings. The van der Waals surface area contributed by atoms with E-state index in [-0.39, 0.29) is 0 Å². The minimum Gasteiger partial charge on any atom is -0.481 e. The Morgan fingerprint density at radius 3 is 1.93 bits per heavy atom. The van der Waals surface area contributed by atoms with Crippen LogP contribution >= 0.6 is 0 Å². The van der Waals surface area contributed by atoms with E-state index >= 15 is 0 Å². The first-order valence-corrected chi connectivity index (χ1v) is 8.30. The van der Waals surface area contributed by atoms with Gasteiger partial charge in [-0.05, 0) is 20.3 Å². The lowest BCUT2D eigenvalue weighted by Gasteiger charge is -2.23. The highest BCUT2D eigenvalue weighted by molar-refractivity contribution is 5.93. The summed E-state index contributed by atoms with van der Waals surface area (Å²) in [6.07, 6.45) is -3.49. The molecule has 0 aliphatic heterocycles. The highest BCUT2D eigenvalue weighted by atomic mass is 16.4. The number of carbonyl (C=O) groups is 5. The summed E-state index contributed by atoms with van der Waals surface area (Å²) < 4.78 is 0. The summed E-state index contributed by atoms with van der Waals surface area (Å²) in [4.78, 5) is 57.3. The highest BCUT2D eigenvalue weighted by Gasteiger charge is 2.30. The number of aliphatic hydroxyl groups excluding tert-OH is 2. The van der Waals surface area contributed by atoms with Crippen LogP contribution in [0.1, 0.15) is 26.7 Å². The Bertz CT molecular complexity index is 594. The summed E-state index contributed by atoms with van der Waals surface area (Å²) in [5.74, 6) is -5.49. The van der Waals surface area contributed by atoms with Gasteiger partial charge in [-0.15, -0.1) is 0 Å². The molecule has 0 fully saturated rings. The van der Waals surface area contributed by atoms with Crippen LogP contribution in [0.25, 0.3) is 0 Å². The van der Waals surface area contributed by atoms with E-state index < -0.39 is 79.4 Å². The molecule has 0 spiro atoms. The molecule has 0 aromatic carbocycles. The number of carboxylic acids is 2. The van der Waals surface area contributed by atoms with Crippen molar-refractivity contribution in [3.8, 4) is 0 Å². The molecule has 0 bridgehead atoms. The average Bonchev–Trinajstić information content (AvgIpc) is 2.59. The molecule has 5 unspecified atom stereocenters. The molecule has 160 valence electrons. The lowest BCUT2D eigenvalue weighted by atomic mass is 10.1. The van der Waals surface area contributed by atoms with Gasteiger partial charge in [0, 0.05) is 6.42 Å². The minimum atomic E-state index is -1.55. The lowest BCUT2D eigenvalue weighted by molar-refractivity contribution is -0.144. The first-order chi connectivity index (χ1) is 12.9. The quantitative estimate of drug-likeness (QED) is 0.157. The Morgan fingerprint density at radius 2 is 1.50 bits per heavy atom. The molecule has 5 atom stereocenters. The van der Waals surface area contributed by atoms with Crippen LogP contribution in [-0.2, 0) is 24.0 Å². The van der Waals surface area contributed by atoms with E-state index in [1.54, 1.807) is 0 Å². The van der Waals surface area contributed by atoms with Crippen LogP contribution in [0.5, 0.6) is 0 Å². The normalized spacial score (nSPS) is 16.0. The van der Waals surface area contributed by atoms with E-state index in [2.05, 4.69) is 10.6 Å². The van der Waals surface area contributed by atoms with Gasteiger partial charge in [0.05, 0.1) is 18.8 Å². The molecule has 0 aliphatic carbocycles. The number of carboxylic acid groups (broad SMARTS) is 2. The topological polar surface area (TPSA) is 228 Å². The first kappa shape index (κ1) is 25.2. The molecule has 0 saturated heterocycles. The number of amides is 3. The van der Waals surface area contributed by atoms with Crippen LogP contribution in [0.4, 0.5) is 0 Å². The van der Waals surface area contributed by atoms with Gasteiger partial charge in [0.1, 0.15) is 18.1 Å². The summed E-state index contributed by atoms with van der Waals surface area (Å²) in [6.45, 7) is 1.83. The Hall–Kier alpha value is -2.77. The van der Waals surface area contributed by atoms with E-state index in [0.717, 1.165) is 0 Å². The van der Waals surface area contributed by atoms with Crippen LogP contribution in [0, 0.1) is 0 Å². The Balaban J connectivity index is 4.85. The standard InChI is InChI=1S/C15H26N4O9/c1-6(20)11(16)13(25)17-5-9(22)19-12(7(2)21)14(26)18-8(15(27)28)3-4-10(23)24/h6-8,11-12,20-21H,3-5,16H2,1-2H3,(H,17,25)(H,18,26)(H,19,22)(H,23,24)(H,27,28). The lowest BCUT2D eigenvalue weighted by Crippen LogP contribution is -2.57. The van der Waals surface area contributed by atoms with Gasteiger partial charge in [-0.1, -0.05) is 0 Å². The van der Waals surface area contributed by atoms with Gasteiger partial charge in [-0.25, -0.2) is 4.79 Å². The van der Waals surface area contributed by atoms with Gasteiger partial charge in [0.25, 0.3) is 0 Å². The van der Waals surface area contributed by atoms with E-state index in [4.69, 9.17) is 15.9 Å². The van der Waals surface area contributed by atoms with Crippen molar-refractivity contribution in [1.29, 1.82) is 0 Å². The summed E-state index contributed by atoms with van der Waals surface area (Å²) in [7, 11) is 0. The van der Waals surface area contributed by atoms with E-state index in [1.165, 1.54) is 13.8 Å². The van der Waals surface area contributed by atoms with Crippen LogP contribution in [0.2, 0.25) is 0 Å². The van der Waals surface area contributed by atoms with Crippen LogP contribution in [-0.4, -0.2) is 87.0 Å². The maximum Gasteiger partial charge on any atom is 0.326 e. The average molecular weight is 406 g/mol. The zero-order valence-corrected chi connectivity index (χ0v) is 15.4. The number of hydrogen-bond acceptors (Lipinski definition) is 8. The molecular weight excluding hydrogens is 380 g/mol. The highest BCUT2D eigenvalue weighted by Crippen LogP contribution is 2.01. The first-order valence-electron chi connectivity index (χ1n) is 8.30. The molecule has 28 heavy (non-hydrogen) atoms. The third kappa shape index (κ3) is 9.25. The van der Waals surface area contributed by atoms with E-state index in [1.807, 2.05) is 5.32 Å². The summed E-state index contributed by atoms with van der Waals surface area (Å²) in [6, 6.07) is -4.36. The predicted molar refractivity (Wildman–Crippen MR) is 92.7 cm³/mol. The summed E-state index contributed by atoms with van der Waals surface area (Å²) in [5, 5.41) is 42.8. The van der Waals surface area contributed by atoms with Gasteiger partial charge in [-0.3, -0.25) is 19.2 Å². The van der Waals surface area contributed by atoms with E-state index in [0.29, 0.717) is 0 Å². The Kier molecular flexibility index (Phi) is 10.7. The monoisotopic (exact) mass is 406 g/mol. The maximum absolute atomic E-state index is 12.2. The fraction of sp³-hybridized carbons (Fsp3) is 0.667. The number of nitrogens with one attached hydrogen (secondary N) is 3. The SMILES string of the molecule is CC(O)C(N)C(=O)NCC(=O)NC(C(=O)NC(CCC(=O)O)C(=O)O)C(C)O. The van der Waals surface area contributed by atoms with Gasteiger partial charge < -0.3 is 42.1 Å². The third-order valence-corrected chi connectivity index (χ3v) is 3.59. The third-order valence-electron chi connectivity index (χ3n) is 3.59. The van der Waals surface area contributed by atoms with Crippen molar-refractivity contribution >= 4 is 29.7 Å². The molecule has 9 N–H and O–H groups in total. The van der Waals surface area contributed by atoms with E-state index in [9.17, 15) is 34.2 Å². The number of carbonyl (C=O) groups excluding carboxylic acids is 3. The number of aliphatic carboxylic acids is 2. The van der Waals surface area contributed by atoms with Crippen molar-refractivity contribution in [2.24, 2.45) is 5.73 Å². The summed E-state index contributed by atoms with van der Waals surface area (Å²) >= 11 is 0. The predicted octanol–water partition coefficient (Wildman–Crippen LogP) is -3.89.